The van der Waals surface area contributed by atoms with Crippen LogP contribution in [0.3, 0.4) is 0 Å². The first-order valence-electron chi connectivity index (χ1n) is 12.9. The van der Waals surface area contributed by atoms with Crippen molar-refractivity contribution in [1.29, 1.82) is 0 Å². The van der Waals surface area contributed by atoms with Crippen LogP contribution in [0.4, 0.5) is 11.4 Å². The number of thiocarbonyl (C=S) groups is 1. The summed E-state index contributed by atoms with van der Waals surface area (Å²) in [5, 5.41) is 7.02. The molecule has 2 atom stereocenters. The SMILES string of the molecule is COCC(=O)Nc1ccc(N2C(=S)N[C@H](c3ccccn3)[C@H]2c2cc(C)n(-c3cc(C)cc(C)c3)c2C)cc1. The van der Waals surface area contributed by atoms with Gasteiger partial charge in [-0.2, -0.15) is 0 Å². The highest BCUT2D eigenvalue weighted by molar-refractivity contribution is 7.80. The van der Waals surface area contributed by atoms with Crippen LogP contribution in [0.25, 0.3) is 5.69 Å². The number of carbonyl (C=O) groups excluding carboxylic acids is 1. The molecule has 1 fully saturated rings. The van der Waals surface area contributed by atoms with Crippen molar-refractivity contribution < 1.29 is 9.53 Å². The molecule has 2 N–H and O–H groups in total. The van der Waals surface area contributed by atoms with Gasteiger partial charge in [-0.3, -0.25) is 9.78 Å². The number of nitrogens with one attached hydrogen (secondary N) is 2. The number of rotatable bonds is 7. The maximum atomic E-state index is 12.0. The minimum Gasteiger partial charge on any atom is -0.375 e. The van der Waals surface area contributed by atoms with Crippen molar-refractivity contribution in [3.63, 3.8) is 0 Å². The molecule has 2 aromatic heterocycles. The summed E-state index contributed by atoms with van der Waals surface area (Å²) >= 11 is 5.92. The van der Waals surface area contributed by atoms with Gasteiger partial charge in [-0.15, -0.1) is 0 Å². The summed E-state index contributed by atoms with van der Waals surface area (Å²) in [7, 11) is 1.50. The number of ether oxygens (including phenoxy) is 1. The van der Waals surface area contributed by atoms with Crippen LogP contribution in [0.5, 0.6) is 0 Å². The van der Waals surface area contributed by atoms with Crippen LogP contribution in [0.1, 0.15) is 45.9 Å². The lowest BCUT2D eigenvalue weighted by molar-refractivity contribution is -0.119. The Kier molecular flexibility index (Phi) is 7.50. The van der Waals surface area contributed by atoms with Crippen molar-refractivity contribution in [3.8, 4) is 5.69 Å². The molecule has 5 rings (SSSR count). The fourth-order valence-electron chi connectivity index (χ4n) is 5.55. The predicted octanol–water partition coefficient (Wildman–Crippen LogP) is 5.87. The number of pyridine rings is 1. The van der Waals surface area contributed by atoms with Gasteiger partial charge in [0.1, 0.15) is 6.61 Å². The van der Waals surface area contributed by atoms with Gasteiger partial charge < -0.3 is 24.8 Å². The second-order valence-electron chi connectivity index (χ2n) is 10.0. The molecule has 0 saturated carbocycles. The van der Waals surface area contributed by atoms with Crippen LogP contribution >= 0.6 is 12.2 Å². The zero-order valence-corrected chi connectivity index (χ0v) is 23.7. The van der Waals surface area contributed by atoms with Crippen LogP contribution < -0.4 is 15.5 Å². The third-order valence-electron chi connectivity index (χ3n) is 7.06. The van der Waals surface area contributed by atoms with Crippen molar-refractivity contribution in [2.75, 3.05) is 23.9 Å². The molecule has 1 amide bonds. The van der Waals surface area contributed by atoms with E-state index in [1.165, 1.54) is 23.8 Å². The number of benzene rings is 2. The summed E-state index contributed by atoms with van der Waals surface area (Å²) in [6, 6.07) is 22.3. The second kappa shape index (κ2) is 11.0. The van der Waals surface area contributed by atoms with Crippen LogP contribution in [0.15, 0.2) is 72.9 Å². The summed E-state index contributed by atoms with van der Waals surface area (Å²) in [5.74, 6) is -0.199. The standard InChI is InChI=1S/C31H33N5O2S/c1-19-14-20(2)16-25(15-19)35-21(3)17-26(22(35)4)30-29(27-8-6-7-13-32-27)34-31(39)36(30)24-11-9-23(10-12-24)33-28(37)18-38-5/h6-17,29-30H,18H2,1-5H3,(H,33,37)(H,34,39)/t29-,30-/m1/s1. The summed E-state index contributed by atoms with van der Waals surface area (Å²) in [6.45, 7) is 8.58. The van der Waals surface area contributed by atoms with E-state index in [4.69, 9.17) is 17.0 Å². The Morgan fingerprint density at radius 3 is 2.36 bits per heavy atom. The fourth-order valence-corrected chi connectivity index (χ4v) is 5.89. The van der Waals surface area contributed by atoms with Gasteiger partial charge >= 0.3 is 0 Å². The Morgan fingerprint density at radius 2 is 1.72 bits per heavy atom. The number of aryl methyl sites for hydroxylation is 3. The smallest absolute Gasteiger partial charge is 0.250 e. The first-order chi connectivity index (χ1) is 18.8. The van der Waals surface area contributed by atoms with Gasteiger partial charge in [-0.1, -0.05) is 12.1 Å². The molecule has 0 aliphatic carbocycles. The van der Waals surface area contributed by atoms with E-state index in [0.717, 1.165) is 28.5 Å². The molecule has 8 heteroatoms. The maximum absolute atomic E-state index is 12.0. The Bertz CT molecular complexity index is 1490. The molecule has 1 saturated heterocycles. The molecule has 2 aromatic carbocycles. The Labute approximate surface area is 234 Å². The largest absolute Gasteiger partial charge is 0.375 e. The van der Waals surface area contributed by atoms with E-state index < -0.39 is 0 Å². The van der Waals surface area contributed by atoms with E-state index >= 15 is 0 Å². The van der Waals surface area contributed by atoms with Gasteiger partial charge in [0.2, 0.25) is 5.91 Å². The zero-order valence-electron chi connectivity index (χ0n) is 22.9. The molecule has 0 spiro atoms. The van der Waals surface area contributed by atoms with E-state index in [2.05, 4.69) is 77.0 Å². The predicted molar refractivity (Wildman–Crippen MR) is 160 cm³/mol. The van der Waals surface area contributed by atoms with Gasteiger partial charge in [0.25, 0.3) is 0 Å². The molecule has 0 bridgehead atoms. The number of hydrogen-bond donors (Lipinski definition) is 2. The van der Waals surface area contributed by atoms with Crippen LogP contribution in [-0.2, 0) is 9.53 Å². The van der Waals surface area contributed by atoms with E-state index in [1.807, 2.05) is 48.7 Å². The molecule has 39 heavy (non-hydrogen) atoms. The summed E-state index contributed by atoms with van der Waals surface area (Å²) in [4.78, 5) is 18.8. The molecule has 1 aliphatic heterocycles. The molecule has 1 aliphatic rings. The van der Waals surface area contributed by atoms with Gasteiger partial charge in [0, 0.05) is 41.8 Å². The molecule has 0 radical (unpaired) electrons. The molecule has 0 unspecified atom stereocenters. The average Bonchev–Trinajstić information content (AvgIpc) is 3.39. The minimum absolute atomic E-state index is 0.00575. The van der Waals surface area contributed by atoms with Crippen LogP contribution in [0, 0.1) is 27.7 Å². The van der Waals surface area contributed by atoms with Crippen LogP contribution in [0.2, 0.25) is 0 Å². The van der Waals surface area contributed by atoms with Gasteiger partial charge in [0.05, 0.1) is 17.8 Å². The Morgan fingerprint density at radius 1 is 1.00 bits per heavy atom. The number of hydrogen-bond acceptors (Lipinski definition) is 4. The molecule has 3 heterocycles. The molecular weight excluding hydrogens is 506 g/mol. The molecule has 200 valence electrons. The number of carbonyl (C=O) groups is 1. The van der Waals surface area contributed by atoms with Crippen LogP contribution in [-0.4, -0.2) is 34.3 Å². The number of aromatic nitrogens is 2. The average molecular weight is 540 g/mol. The molecule has 7 nitrogen and oxygen atoms in total. The number of amides is 1. The molecule has 4 aromatic rings. The van der Waals surface area contributed by atoms with Crippen molar-refractivity contribution in [2.24, 2.45) is 0 Å². The third-order valence-corrected chi connectivity index (χ3v) is 7.37. The minimum atomic E-state index is -0.199. The van der Waals surface area contributed by atoms with E-state index in [9.17, 15) is 4.79 Å². The second-order valence-corrected chi connectivity index (χ2v) is 10.4. The lowest BCUT2D eigenvalue weighted by atomic mass is 9.96. The zero-order chi connectivity index (χ0) is 27.7. The highest BCUT2D eigenvalue weighted by Crippen LogP contribution is 2.44. The Balaban J connectivity index is 1.59. The van der Waals surface area contributed by atoms with Crippen molar-refractivity contribution in [1.82, 2.24) is 14.9 Å². The van der Waals surface area contributed by atoms with Gasteiger partial charge in [-0.05, 0) is 111 Å². The highest BCUT2D eigenvalue weighted by Gasteiger charge is 2.42. The number of nitrogens with zero attached hydrogens (tertiary/aromatic N) is 3. The fraction of sp³-hybridized carbons (Fsp3) is 0.258. The number of anilines is 2. The normalized spacial score (nSPS) is 16.8. The monoisotopic (exact) mass is 539 g/mol. The van der Waals surface area contributed by atoms with Gasteiger partial charge in [-0.25, -0.2) is 0 Å². The molecular formula is C31H33N5O2S. The van der Waals surface area contributed by atoms with Crippen molar-refractivity contribution in [2.45, 2.75) is 39.8 Å². The third kappa shape index (κ3) is 5.30. The van der Waals surface area contributed by atoms with E-state index in [-0.39, 0.29) is 24.6 Å². The lowest BCUT2D eigenvalue weighted by Crippen LogP contribution is -2.29. The lowest BCUT2D eigenvalue weighted by Gasteiger charge is -2.28. The quantitative estimate of drug-likeness (QED) is 0.286. The van der Waals surface area contributed by atoms with E-state index in [0.29, 0.717) is 10.8 Å². The van der Waals surface area contributed by atoms with E-state index in [1.54, 1.807) is 0 Å². The van der Waals surface area contributed by atoms with Gasteiger partial charge in [0.15, 0.2) is 5.11 Å². The highest BCUT2D eigenvalue weighted by atomic mass is 32.1. The first-order valence-corrected chi connectivity index (χ1v) is 13.3. The van der Waals surface area contributed by atoms with Crippen molar-refractivity contribution >= 4 is 34.6 Å². The Hall–Kier alpha value is -4.01. The summed E-state index contributed by atoms with van der Waals surface area (Å²) in [6.07, 6.45) is 1.82. The topological polar surface area (TPSA) is 71.4 Å². The summed E-state index contributed by atoms with van der Waals surface area (Å²) < 4.78 is 7.24. The maximum Gasteiger partial charge on any atom is 0.250 e. The summed E-state index contributed by atoms with van der Waals surface area (Å²) in [5.41, 5.74) is 9.64. The van der Waals surface area contributed by atoms with Crippen molar-refractivity contribution in [3.05, 3.63) is 107 Å². The first kappa shape index (κ1) is 26.6. The number of methoxy groups -OCH3 is 1.